The van der Waals surface area contributed by atoms with Gasteiger partial charge in [0.2, 0.25) is 0 Å². The van der Waals surface area contributed by atoms with Crippen LogP contribution in [0.2, 0.25) is 0 Å². The second kappa shape index (κ2) is 4.69. The third-order valence-electron chi connectivity index (χ3n) is 3.23. The summed E-state index contributed by atoms with van der Waals surface area (Å²) < 4.78 is 0. The van der Waals surface area contributed by atoms with Crippen LogP contribution < -0.4 is 4.90 Å². The number of ketones is 1. The number of hydrogen-bond donors (Lipinski definition) is 0. The summed E-state index contributed by atoms with van der Waals surface area (Å²) >= 11 is 0. The average Bonchev–Trinajstić information content (AvgIpc) is 2.27. The summed E-state index contributed by atoms with van der Waals surface area (Å²) in [5, 5.41) is 0. The number of nitrogens with zero attached hydrogens (tertiary/aromatic N) is 1. The fourth-order valence-electron chi connectivity index (χ4n) is 2.38. The molecular weight excluding hydrogens is 198 g/mol. The van der Waals surface area contributed by atoms with Crippen LogP contribution >= 0.6 is 0 Å². The van der Waals surface area contributed by atoms with Gasteiger partial charge in [-0.2, -0.15) is 0 Å². The van der Waals surface area contributed by atoms with Crippen molar-refractivity contribution in [3.05, 3.63) is 29.3 Å². The van der Waals surface area contributed by atoms with E-state index < -0.39 is 0 Å². The summed E-state index contributed by atoms with van der Waals surface area (Å²) in [6.07, 6.45) is 5.02. The largest absolute Gasteiger partial charge is 0.367 e. The molecule has 2 heteroatoms. The maximum atomic E-state index is 11.1. The van der Waals surface area contributed by atoms with Gasteiger partial charge in [0.05, 0.1) is 6.54 Å². The number of aryl methyl sites for hydroxylation is 2. The smallest absolute Gasteiger partial charge is 0.149 e. The van der Waals surface area contributed by atoms with E-state index in [4.69, 9.17) is 0 Å². The molecule has 1 aliphatic rings. The SMILES string of the molecule is CC(=O)CN(C)c1ccc2c(c1)CCCC2. The molecule has 16 heavy (non-hydrogen) atoms. The van der Waals surface area contributed by atoms with Crippen LogP contribution in [0, 0.1) is 0 Å². The van der Waals surface area contributed by atoms with Gasteiger partial charge in [-0.1, -0.05) is 6.07 Å². The average molecular weight is 217 g/mol. The van der Waals surface area contributed by atoms with E-state index in [-0.39, 0.29) is 5.78 Å². The van der Waals surface area contributed by atoms with E-state index in [1.807, 2.05) is 11.9 Å². The van der Waals surface area contributed by atoms with Crippen LogP contribution in [0.4, 0.5) is 5.69 Å². The van der Waals surface area contributed by atoms with Gasteiger partial charge in [0.15, 0.2) is 0 Å². The van der Waals surface area contributed by atoms with Crippen molar-refractivity contribution < 1.29 is 4.79 Å². The van der Waals surface area contributed by atoms with E-state index in [0.717, 1.165) is 5.69 Å². The van der Waals surface area contributed by atoms with Crippen LogP contribution in [0.25, 0.3) is 0 Å². The zero-order valence-corrected chi connectivity index (χ0v) is 10.1. The number of fused-ring (bicyclic) bond motifs is 1. The van der Waals surface area contributed by atoms with Gasteiger partial charge in [-0.3, -0.25) is 4.79 Å². The first-order valence-electron chi connectivity index (χ1n) is 5.99. The lowest BCUT2D eigenvalue weighted by Gasteiger charge is -2.22. The second-order valence-electron chi connectivity index (χ2n) is 4.72. The van der Waals surface area contributed by atoms with Crippen molar-refractivity contribution in [2.45, 2.75) is 32.6 Å². The van der Waals surface area contributed by atoms with Gasteiger partial charge in [0.1, 0.15) is 5.78 Å². The molecule has 1 aromatic rings. The number of carbonyl (C=O) groups excluding carboxylic acids is 1. The van der Waals surface area contributed by atoms with Crippen molar-refractivity contribution in [2.75, 3.05) is 18.5 Å². The van der Waals surface area contributed by atoms with Crippen LogP contribution in [0.3, 0.4) is 0 Å². The molecule has 2 nitrogen and oxygen atoms in total. The van der Waals surface area contributed by atoms with E-state index in [0.29, 0.717) is 6.54 Å². The second-order valence-corrected chi connectivity index (χ2v) is 4.72. The molecular formula is C14H19NO. The molecule has 0 saturated heterocycles. The number of anilines is 1. The monoisotopic (exact) mass is 217 g/mol. The van der Waals surface area contributed by atoms with Gasteiger partial charge in [0, 0.05) is 12.7 Å². The van der Waals surface area contributed by atoms with E-state index in [2.05, 4.69) is 18.2 Å². The number of Topliss-reactive ketones (excluding diaryl/α,β-unsaturated/α-hetero) is 1. The number of likely N-dealkylation sites (N-methyl/N-ethyl adjacent to an activating group) is 1. The molecule has 2 rings (SSSR count). The molecule has 0 heterocycles. The molecule has 0 saturated carbocycles. The molecule has 0 N–H and O–H groups in total. The normalized spacial score (nSPS) is 14.4. The summed E-state index contributed by atoms with van der Waals surface area (Å²) in [6.45, 7) is 2.13. The molecule has 0 bridgehead atoms. The first kappa shape index (κ1) is 11.2. The maximum Gasteiger partial charge on any atom is 0.149 e. The Labute approximate surface area is 97.3 Å². The Morgan fingerprint density at radius 2 is 1.94 bits per heavy atom. The minimum atomic E-state index is 0.209. The lowest BCUT2D eigenvalue weighted by Crippen LogP contribution is -2.24. The molecule has 0 aromatic heterocycles. The lowest BCUT2D eigenvalue weighted by molar-refractivity contribution is -0.115. The Hall–Kier alpha value is -1.31. The molecule has 0 amide bonds. The van der Waals surface area contributed by atoms with E-state index in [1.165, 1.54) is 36.8 Å². The van der Waals surface area contributed by atoms with Crippen LogP contribution in [-0.4, -0.2) is 19.4 Å². The number of rotatable bonds is 3. The van der Waals surface area contributed by atoms with Gasteiger partial charge in [-0.15, -0.1) is 0 Å². The summed E-state index contributed by atoms with van der Waals surface area (Å²) in [6, 6.07) is 6.60. The van der Waals surface area contributed by atoms with Crippen LogP contribution in [0.15, 0.2) is 18.2 Å². The highest BCUT2D eigenvalue weighted by Gasteiger charge is 2.11. The zero-order valence-electron chi connectivity index (χ0n) is 10.1. The molecule has 1 aromatic carbocycles. The lowest BCUT2D eigenvalue weighted by atomic mass is 9.91. The maximum absolute atomic E-state index is 11.1. The van der Waals surface area contributed by atoms with E-state index >= 15 is 0 Å². The van der Waals surface area contributed by atoms with Crippen molar-refractivity contribution in [3.8, 4) is 0 Å². The van der Waals surface area contributed by atoms with Crippen molar-refractivity contribution in [3.63, 3.8) is 0 Å². The fourth-order valence-corrected chi connectivity index (χ4v) is 2.38. The molecule has 0 radical (unpaired) electrons. The fraction of sp³-hybridized carbons (Fsp3) is 0.500. The van der Waals surface area contributed by atoms with Gasteiger partial charge in [0.25, 0.3) is 0 Å². The summed E-state index contributed by atoms with van der Waals surface area (Å²) in [7, 11) is 1.98. The van der Waals surface area contributed by atoms with Gasteiger partial charge >= 0.3 is 0 Å². The van der Waals surface area contributed by atoms with Crippen molar-refractivity contribution in [1.29, 1.82) is 0 Å². The molecule has 86 valence electrons. The molecule has 0 spiro atoms. The predicted octanol–water partition coefficient (Wildman–Crippen LogP) is 2.59. The molecule has 0 aliphatic heterocycles. The minimum absolute atomic E-state index is 0.209. The number of hydrogen-bond acceptors (Lipinski definition) is 2. The Balaban J connectivity index is 2.19. The Bertz CT molecular complexity index is 398. The van der Waals surface area contributed by atoms with Crippen molar-refractivity contribution in [2.24, 2.45) is 0 Å². The molecule has 0 atom stereocenters. The van der Waals surface area contributed by atoms with Gasteiger partial charge in [-0.25, -0.2) is 0 Å². The Morgan fingerprint density at radius 3 is 2.62 bits per heavy atom. The topological polar surface area (TPSA) is 20.3 Å². The minimum Gasteiger partial charge on any atom is -0.367 e. The Kier molecular flexibility index (Phi) is 3.28. The Morgan fingerprint density at radius 1 is 1.25 bits per heavy atom. The van der Waals surface area contributed by atoms with Gasteiger partial charge < -0.3 is 4.90 Å². The first-order chi connectivity index (χ1) is 7.66. The number of carbonyl (C=O) groups is 1. The highest BCUT2D eigenvalue weighted by atomic mass is 16.1. The van der Waals surface area contributed by atoms with Gasteiger partial charge in [-0.05, 0) is 55.9 Å². The predicted molar refractivity (Wildman–Crippen MR) is 67.0 cm³/mol. The summed E-state index contributed by atoms with van der Waals surface area (Å²) in [5.41, 5.74) is 4.13. The molecule has 1 aliphatic carbocycles. The molecule has 0 unspecified atom stereocenters. The number of benzene rings is 1. The van der Waals surface area contributed by atoms with Crippen LogP contribution in [-0.2, 0) is 17.6 Å². The quantitative estimate of drug-likeness (QED) is 0.775. The highest BCUT2D eigenvalue weighted by molar-refractivity contribution is 5.80. The van der Waals surface area contributed by atoms with E-state index in [9.17, 15) is 4.79 Å². The molecule has 0 fully saturated rings. The highest BCUT2D eigenvalue weighted by Crippen LogP contribution is 2.25. The summed E-state index contributed by atoms with van der Waals surface area (Å²) in [4.78, 5) is 13.1. The van der Waals surface area contributed by atoms with Crippen LogP contribution in [0.1, 0.15) is 30.9 Å². The third kappa shape index (κ3) is 2.43. The third-order valence-corrected chi connectivity index (χ3v) is 3.23. The summed E-state index contributed by atoms with van der Waals surface area (Å²) in [5.74, 6) is 0.209. The standard InChI is InChI=1S/C14H19NO/c1-11(16)10-15(2)14-8-7-12-5-3-4-6-13(12)9-14/h7-9H,3-6,10H2,1-2H3. The zero-order chi connectivity index (χ0) is 11.5. The van der Waals surface area contributed by atoms with Crippen molar-refractivity contribution in [1.82, 2.24) is 0 Å². The first-order valence-corrected chi connectivity index (χ1v) is 5.99. The van der Waals surface area contributed by atoms with Crippen molar-refractivity contribution >= 4 is 11.5 Å². The van der Waals surface area contributed by atoms with E-state index in [1.54, 1.807) is 6.92 Å². The van der Waals surface area contributed by atoms with Crippen LogP contribution in [0.5, 0.6) is 0 Å².